The molecule has 1 aromatic carbocycles. The summed E-state index contributed by atoms with van der Waals surface area (Å²) in [5, 5.41) is 9.82. The van der Waals surface area contributed by atoms with Gasteiger partial charge in [-0.2, -0.15) is 0 Å². The summed E-state index contributed by atoms with van der Waals surface area (Å²) >= 11 is 0. The highest BCUT2D eigenvalue weighted by atomic mass is 35.5. The predicted octanol–water partition coefficient (Wildman–Crippen LogP) is 4.33. The maximum Gasteiger partial charge on any atom is 0.408 e. The highest BCUT2D eigenvalue weighted by molar-refractivity contribution is 5.94. The summed E-state index contributed by atoms with van der Waals surface area (Å²) in [6, 6.07) is 8.78. The van der Waals surface area contributed by atoms with Gasteiger partial charge in [0, 0.05) is 36.5 Å². The molecule has 2 aromatic rings. The Kier molecular flexibility index (Phi) is 6.74. The highest BCUT2D eigenvalue weighted by Gasteiger charge is 2.38. The number of aromatic nitrogens is 1. The van der Waals surface area contributed by atoms with Crippen LogP contribution in [0.2, 0.25) is 0 Å². The molecule has 8 heteroatoms. The Morgan fingerprint density at radius 1 is 1.24 bits per heavy atom. The SMILES string of the molecule is CC(=O)N1c2ccc(-c3ccc(N)nc3)cc2C(N(C(=O)O)C(C)C)CC1C.Cl. The molecule has 0 saturated carbocycles. The molecule has 3 rings (SSSR count). The van der Waals surface area contributed by atoms with Crippen LogP contribution in [0.1, 0.15) is 45.7 Å². The smallest absolute Gasteiger partial charge is 0.408 e. The van der Waals surface area contributed by atoms with Gasteiger partial charge in [-0.1, -0.05) is 6.07 Å². The van der Waals surface area contributed by atoms with Crippen LogP contribution in [-0.2, 0) is 4.79 Å². The molecule has 7 nitrogen and oxygen atoms in total. The Hall–Kier alpha value is -2.80. The van der Waals surface area contributed by atoms with E-state index in [1.54, 1.807) is 17.2 Å². The minimum Gasteiger partial charge on any atom is -0.465 e. The van der Waals surface area contributed by atoms with Gasteiger partial charge in [-0.3, -0.25) is 9.69 Å². The molecule has 0 bridgehead atoms. The second kappa shape index (κ2) is 8.69. The molecule has 0 saturated heterocycles. The number of benzene rings is 1. The van der Waals surface area contributed by atoms with Crippen LogP contribution in [0.25, 0.3) is 11.1 Å². The third-order valence-corrected chi connectivity index (χ3v) is 5.22. The largest absolute Gasteiger partial charge is 0.465 e. The highest BCUT2D eigenvalue weighted by Crippen LogP contribution is 2.43. The normalized spacial score (nSPS) is 18.0. The average molecular weight is 419 g/mol. The second-order valence-electron chi connectivity index (χ2n) is 7.52. The van der Waals surface area contributed by atoms with Gasteiger partial charge in [0.2, 0.25) is 5.91 Å². The molecule has 0 aliphatic carbocycles. The van der Waals surface area contributed by atoms with Crippen LogP contribution in [0, 0.1) is 0 Å². The fraction of sp³-hybridized carbons (Fsp3) is 0.381. The van der Waals surface area contributed by atoms with Crippen molar-refractivity contribution in [3.05, 3.63) is 42.1 Å². The lowest BCUT2D eigenvalue weighted by molar-refractivity contribution is -0.117. The number of carboxylic acid groups (broad SMARTS) is 1. The molecule has 2 unspecified atom stereocenters. The van der Waals surface area contributed by atoms with E-state index in [0.717, 1.165) is 22.4 Å². The predicted molar refractivity (Wildman–Crippen MR) is 116 cm³/mol. The van der Waals surface area contributed by atoms with Crippen LogP contribution < -0.4 is 10.6 Å². The number of hydrogen-bond donors (Lipinski definition) is 2. The molecule has 2 amide bonds. The number of hydrogen-bond acceptors (Lipinski definition) is 4. The van der Waals surface area contributed by atoms with Gasteiger partial charge in [0.1, 0.15) is 5.82 Å². The Bertz CT molecular complexity index is 901. The zero-order valence-corrected chi connectivity index (χ0v) is 17.8. The Morgan fingerprint density at radius 3 is 2.41 bits per heavy atom. The summed E-state index contributed by atoms with van der Waals surface area (Å²) in [5.74, 6) is 0.383. The standard InChI is InChI=1S/C21H26N4O3.ClH/c1-12(2)24(21(27)28)19-9-13(3)25(14(4)26)18-7-5-15(10-17(18)19)16-6-8-20(22)23-11-16;/h5-8,10-13,19H,9H2,1-4H3,(H2,22,23)(H,27,28);1H. The first-order valence-electron chi connectivity index (χ1n) is 9.37. The van der Waals surface area contributed by atoms with E-state index in [1.807, 2.05) is 45.0 Å². The molecule has 156 valence electrons. The van der Waals surface area contributed by atoms with E-state index in [9.17, 15) is 14.7 Å². The van der Waals surface area contributed by atoms with E-state index >= 15 is 0 Å². The Labute approximate surface area is 176 Å². The minimum atomic E-state index is -0.964. The van der Waals surface area contributed by atoms with E-state index in [2.05, 4.69) is 4.98 Å². The van der Waals surface area contributed by atoms with Gasteiger partial charge in [0.05, 0.1) is 6.04 Å². The number of amides is 2. The number of anilines is 2. The molecule has 1 aliphatic rings. The summed E-state index contributed by atoms with van der Waals surface area (Å²) in [6.45, 7) is 7.22. The van der Waals surface area contributed by atoms with Gasteiger partial charge < -0.3 is 15.7 Å². The Morgan fingerprint density at radius 2 is 1.90 bits per heavy atom. The third-order valence-electron chi connectivity index (χ3n) is 5.22. The molecule has 29 heavy (non-hydrogen) atoms. The van der Waals surface area contributed by atoms with Gasteiger partial charge in [0.15, 0.2) is 0 Å². The van der Waals surface area contributed by atoms with E-state index in [4.69, 9.17) is 5.73 Å². The fourth-order valence-electron chi connectivity index (χ4n) is 4.05. The molecule has 3 N–H and O–H groups in total. The van der Waals surface area contributed by atoms with Crippen molar-refractivity contribution in [3.63, 3.8) is 0 Å². The van der Waals surface area contributed by atoms with Gasteiger partial charge in [-0.05, 0) is 62.6 Å². The zero-order chi connectivity index (χ0) is 20.6. The first-order chi connectivity index (χ1) is 13.2. The van der Waals surface area contributed by atoms with Crippen LogP contribution in [0.15, 0.2) is 36.5 Å². The van der Waals surface area contributed by atoms with Crippen LogP contribution >= 0.6 is 12.4 Å². The van der Waals surface area contributed by atoms with Crippen LogP contribution in [-0.4, -0.2) is 39.1 Å². The van der Waals surface area contributed by atoms with Crippen molar-refractivity contribution >= 4 is 35.9 Å². The van der Waals surface area contributed by atoms with Gasteiger partial charge >= 0.3 is 6.09 Å². The van der Waals surface area contributed by atoms with Gasteiger partial charge in [-0.15, -0.1) is 12.4 Å². The maximum atomic E-state index is 12.3. The first-order valence-corrected chi connectivity index (χ1v) is 9.37. The van der Waals surface area contributed by atoms with E-state index in [0.29, 0.717) is 12.2 Å². The number of carbonyl (C=O) groups excluding carboxylic acids is 1. The molecular formula is C21H27ClN4O3. The van der Waals surface area contributed by atoms with Gasteiger partial charge in [-0.25, -0.2) is 9.78 Å². The van der Waals surface area contributed by atoms with Crippen molar-refractivity contribution in [1.82, 2.24) is 9.88 Å². The van der Waals surface area contributed by atoms with Crippen molar-refractivity contribution in [2.24, 2.45) is 0 Å². The molecule has 2 heterocycles. The molecule has 0 radical (unpaired) electrons. The number of fused-ring (bicyclic) bond motifs is 1. The molecular weight excluding hydrogens is 392 g/mol. The van der Waals surface area contributed by atoms with E-state index in [1.165, 1.54) is 11.8 Å². The maximum absolute atomic E-state index is 12.3. The second-order valence-corrected chi connectivity index (χ2v) is 7.52. The third kappa shape index (κ3) is 4.29. The minimum absolute atomic E-state index is 0. The van der Waals surface area contributed by atoms with Crippen LogP contribution in [0.3, 0.4) is 0 Å². The lowest BCUT2D eigenvalue weighted by Gasteiger charge is -2.43. The molecule has 2 atom stereocenters. The molecule has 0 fully saturated rings. The summed E-state index contributed by atoms with van der Waals surface area (Å²) in [4.78, 5) is 31.6. The first kappa shape index (κ1) is 22.5. The zero-order valence-electron chi connectivity index (χ0n) is 17.0. The lowest BCUT2D eigenvalue weighted by atomic mass is 9.88. The summed E-state index contributed by atoms with van der Waals surface area (Å²) in [7, 11) is 0. The average Bonchev–Trinajstić information content (AvgIpc) is 2.61. The van der Waals surface area contributed by atoms with Crippen molar-refractivity contribution in [2.45, 2.75) is 52.2 Å². The number of rotatable bonds is 3. The van der Waals surface area contributed by atoms with Crippen molar-refractivity contribution in [1.29, 1.82) is 0 Å². The number of nitrogen functional groups attached to an aromatic ring is 1. The fourth-order valence-corrected chi connectivity index (χ4v) is 4.05. The number of halogens is 1. The molecule has 1 aromatic heterocycles. The number of nitrogens with zero attached hydrogens (tertiary/aromatic N) is 3. The summed E-state index contributed by atoms with van der Waals surface area (Å²) < 4.78 is 0. The quantitative estimate of drug-likeness (QED) is 0.772. The monoisotopic (exact) mass is 418 g/mol. The van der Waals surface area contributed by atoms with Crippen LogP contribution in [0.5, 0.6) is 0 Å². The van der Waals surface area contributed by atoms with E-state index in [-0.39, 0.29) is 36.4 Å². The van der Waals surface area contributed by atoms with Crippen LogP contribution in [0.4, 0.5) is 16.3 Å². The van der Waals surface area contributed by atoms with Crippen molar-refractivity contribution in [2.75, 3.05) is 10.6 Å². The summed E-state index contributed by atoms with van der Waals surface area (Å²) in [5.41, 5.74) is 9.07. The topological polar surface area (TPSA) is 99.8 Å². The number of carbonyl (C=O) groups is 2. The van der Waals surface area contributed by atoms with Gasteiger partial charge in [0.25, 0.3) is 0 Å². The summed E-state index contributed by atoms with van der Waals surface area (Å²) in [6.07, 6.45) is 1.27. The van der Waals surface area contributed by atoms with Crippen molar-refractivity contribution < 1.29 is 14.7 Å². The van der Waals surface area contributed by atoms with Crippen molar-refractivity contribution in [3.8, 4) is 11.1 Å². The molecule has 0 spiro atoms. The lowest BCUT2D eigenvalue weighted by Crippen LogP contribution is -2.48. The van der Waals surface area contributed by atoms with E-state index < -0.39 is 6.09 Å². The number of nitrogens with two attached hydrogens (primary N) is 1. The Balaban J connectivity index is 0.00000300. The molecule has 1 aliphatic heterocycles. The number of pyridine rings is 1.